The smallest absolute Gasteiger partial charge is 0.326 e. The first kappa shape index (κ1) is 31.3. The Hall–Kier alpha value is -3.73. The van der Waals surface area contributed by atoms with E-state index in [9.17, 15) is 20.1 Å². The molecule has 0 aromatic heterocycles. The van der Waals surface area contributed by atoms with E-state index in [0.29, 0.717) is 17.7 Å². The maximum Gasteiger partial charge on any atom is 0.326 e. The molecule has 0 aliphatic rings. The van der Waals surface area contributed by atoms with E-state index in [0.717, 1.165) is 44.9 Å². The Balaban J connectivity index is 2.17. The number of benzene rings is 1. The number of carboxylic acid groups (broad SMARTS) is 1. The summed E-state index contributed by atoms with van der Waals surface area (Å²) >= 11 is 0. The lowest BCUT2D eigenvalue weighted by Crippen LogP contribution is -2.37. The molecule has 4 N–H and O–H groups in total. The van der Waals surface area contributed by atoms with Crippen molar-refractivity contribution in [1.82, 2.24) is 5.32 Å². The van der Waals surface area contributed by atoms with Crippen LogP contribution in [0.1, 0.15) is 63.9 Å². The Morgan fingerprint density at radius 2 is 1.30 bits per heavy atom. The molecule has 1 rings (SSSR count). The number of hydrogen-bond donors (Lipinski definition) is 4. The molecule has 0 unspecified atom stereocenters. The van der Waals surface area contributed by atoms with Crippen molar-refractivity contribution in [3.05, 3.63) is 109 Å². The first-order chi connectivity index (χ1) is 17.9. The Kier molecular flexibility index (Phi) is 17.3. The van der Waals surface area contributed by atoms with Crippen molar-refractivity contribution in [2.24, 2.45) is 0 Å². The molecule has 5 nitrogen and oxygen atoms in total. The van der Waals surface area contributed by atoms with Crippen LogP contribution >= 0.6 is 0 Å². The van der Waals surface area contributed by atoms with Crippen LogP contribution in [0.2, 0.25) is 0 Å². The zero-order valence-electron chi connectivity index (χ0n) is 22.1. The molecule has 0 saturated carbocycles. The van der Waals surface area contributed by atoms with Crippen molar-refractivity contribution >= 4 is 5.97 Å². The van der Waals surface area contributed by atoms with Gasteiger partial charge in [0.1, 0.15) is 6.04 Å². The molecule has 0 aliphatic heterocycles. The highest BCUT2D eigenvalue weighted by Crippen LogP contribution is 2.25. The van der Waals surface area contributed by atoms with Gasteiger partial charge >= 0.3 is 5.97 Å². The summed E-state index contributed by atoms with van der Waals surface area (Å²) in [7, 11) is 0. The number of nitrogens with one attached hydrogen (secondary N) is 1. The number of aliphatic carboxylic acids is 1. The molecule has 200 valence electrons. The van der Waals surface area contributed by atoms with Crippen LogP contribution in [0.5, 0.6) is 11.5 Å². The number of hydrogen-bond acceptors (Lipinski definition) is 4. The number of rotatable bonds is 19. The van der Waals surface area contributed by atoms with E-state index < -0.39 is 12.0 Å². The normalized spacial score (nSPS) is 13.2. The Bertz CT molecular complexity index is 983. The maximum atomic E-state index is 11.6. The molecule has 37 heavy (non-hydrogen) atoms. The molecule has 5 heteroatoms. The molecule has 0 radical (unpaired) electrons. The van der Waals surface area contributed by atoms with Gasteiger partial charge in [-0.25, -0.2) is 4.79 Å². The predicted molar refractivity (Wildman–Crippen MR) is 155 cm³/mol. The molecule has 0 aliphatic carbocycles. The van der Waals surface area contributed by atoms with Crippen LogP contribution in [-0.2, 0) is 11.2 Å². The summed E-state index contributed by atoms with van der Waals surface area (Å²) in [6, 6.07) is 3.45. The van der Waals surface area contributed by atoms with Gasteiger partial charge in [-0.05, 0) is 69.1 Å². The quantitative estimate of drug-likeness (QED) is 0.114. The molecule has 1 aromatic rings. The van der Waals surface area contributed by atoms with Crippen molar-refractivity contribution in [3.63, 3.8) is 0 Å². The molecule has 0 heterocycles. The zero-order valence-corrected chi connectivity index (χ0v) is 22.1. The summed E-state index contributed by atoms with van der Waals surface area (Å²) in [6.07, 6.45) is 33.3. The molecule has 0 saturated heterocycles. The van der Waals surface area contributed by atoms with Gasteiger partial charge in [0.25, 0.3) is 0 Å². The number of phenols is 2. The summed E-state index contributed by atoms with van der Waals surface area (Å²) in [5, 5.41) is 31.5. The lowest BCUT2D eigenvalue weighted by molar-refractivity contribution is -0.139. The largest absolute Gasteiger partial charge is 0.504 e. The number of carbonyl (C=O) groups is 1. The van der Waals surface area contributed by atoms with Gasteiger partial charge in [-0.15, -0.1) is 0 Å². The summed E-state index contributed by atoms with van der Waals surface area (Å²) < 4.78 is 0. The molecule has 0 amide bonds. The fraction of sp³-hybridized carbons (Fsp3) is 0.344. The lowest BCUT2D eigenvalue weighted by atomic mass is 10.0. The van der Waals surface area contributed by atoms with Crippen LogP contribution in [0.15, 0.2) is 103 Å². The van der Waals surface area contributed by atoms with Crippen LogP contribution in [0.3, 0.4) is 0 Å². The van der Waals surface area contributed by atoms with E-state index in [-0.39, 0.29) is 17.9 Å². The number of aromatic hydroxyl groups is 2. The molecule has 1 atom stereocenters. The Morgan fingerprint density at radius 1 is 0.811 bits per heavy atom. The van der Waals surface area contributed by atoms with E-state index in [1.807, 2.05) is 0 Å². The maximum absolute atomic E-state index is 11.6. The van der Waals surface area contributed by atoms with Gasteiger partial charge in [0, 0.05) is 12.1 Å². The summed E-state index contributed by atoms with van der Waals surface area (Å²) in [5.41, 5.74) is 1.26. The Morgan fingerprint density at radius 3 is 1.76 bits per heavy atom. The number of allylic oxidation sites excluding steroid dienone is 13. The van der Waals surface area contributed by atoms with Crippen LogP contribution in [0.4, 0.5) is 0 Å². The number of phenolic OH excluding ortho intramolecular Hbond substituents is 2. The van der Waals surface area contributed by atoms with Gasteiger partial charge in [-0.3, -0.25) is 0 Å². The van der Waals surface area contributed by atoms with Gasteiger partial charge in [-0.2, -0.15) is 0 Å². The average Bonchev–Trinajstić information content (AvgIpc) is 2.87. The zero-order chi connectivity index (χ0) is 27.1. The third-order valence-corrected chi connectivity index (χ3v) is 5.37. The predicted octanol–water partition coefficient (Wildman–Crippen LogP) is 7.67. The van der Waals surface area contributed by atoms with Crippen molar-refractivity contribution in [2.75, 3.05) is 0 Å². The highest BCUT2D eigenvalue weighted by Gasteiger charge is 2.18. The van der Waals surface area contributed by atoms with E-state index in [1.54, 1.807) is 6.07 Å². The average molecular weight is 506 g/mol. The van der Waals surface area contributed by atoms with Gasteiger partial charge in [0.2, 0.25) is 0 Å². The van der Waals surface area contributed by atoms with E-state index in [1.165, 1.54) is 12.1 Å². The fourth-order valence-electron chi connectivity index (χ4n) is 3.35. The molecular formula is C32H43NO4. The third kappa shape index (κ3) is 16.5. The molecule has 0 spiro atoms. The van der Waals surface area contributed by atoms with Crippen LogP contribution in [0, 0.1) is 0 Å². The van der Waals surface area contributed by atoms with Gasteiger partial charge in [0.15, 0.2) is 11.5 Å². The minimum Gasteiger partial charge on any atom is -0.504 e. The fourth-order valence-corrected chi connectivity index (χ4v) is 3.35. The van der Waals surface area contributed by atoms with E-state index in [2.05, 4.69) is 91.7 Å². The molecule has 0 bridgehead atoms. The van der Waals surface area contributed by atoms with Crippen LogP contribution in [-0.4, -0.2) is 27.3 Å². The SMILES string of the molecule is C=C(CC/C=C\C/C=C\C/C=C\C/C=C\C/C=C\C/C=C\CC)N[C@@H](Cc1ccc(O)c(O)c1)C(=O)O. The minimum absolute atomic E-state index is 0.169. The highest BCUT2D eigenvalue weighted by molar-refractivity contribution is 5.74. The van der Waals surface area contributed by atoms with Crippen LogP contribution < -0.4 is 5.32 Å². The topological polar surface area (TPSA) is 89.8 Å². The summed E-state index contributed by atoms with van der Waals surface area (Å²) in [5.74, 6) is -1.50. The molecule has 1 aromatic carbocycles. The molecule has 0 fully saturated rings. The van der Waals surface area contributed by atoms with Crippen LogP contribution in [0.25, 0.3) is 0 Å². The lowest BCUT2D eigenvalue weighted by Gasteiger charge is -2.17. The standard InChI is InChI=1S/C32H43NO4/c1-3-4-5-6-7-8-9-10-11-12-13-14-15-16-17-18-19-20-21-22-27(2)33-29(32(36)37)25-28-23-24-30(34)31(35)26-28/h4-5,7-8,10-11,13-14,16-17,19-20,23-24,26,29,33-35H,2-3,6,9,12,15,18,21-22,25H2,1H3,(H,36,37)/b5-4-,8-7-,11-10-,14-13-,17-16-,20-19-/t29-/m0/s1. The second-order valence-corrected chi connectivity index (χ2v) is 8.62. The highest BCUT2D eigenvalue weighted by atomic mass is 16.4. The second kappa shape index (κ2) is 20.5. The van der Waals surface area contributed by atoms with Gasteiger partial charge < -0.3 is 20.6 Å². The van der Waals surface area contributed by atoms with E-state index in [4.69, 9.17) is 0 Å². The van der Waals surface area contributed by atoms with Crippen molar-refractivity contribution in [2.45, 2.75) is 70.8 Å². The van der Waals surface area contributed by atoms with E-state index >= 15 is 0 Å². The molecular weight excluding hydrogens is 462 g/mol. The first-order valence-electron chi connectivity index (χ1n) is 13.0. The number of carboxylic acids is 1. The van der Waals surface area contributed by atoms with Crippen molar-refractivity contribution < 1.29 is 20.1 Å². The third-order valence-electron chi connectivity index (χ3n) is 5.37. The van der Waals surface area contributed by atoms with Crippen molar-refractivity contribution in [3.8, 4) is 11.5 Å². The first-order valence-corrected chi connectivity index (χ1v) is 13.0. The summed E-state index contributed by atoms with van der Waals surface area (Å²) in [6.45, 7) is 6.08. The van der Waals surface area contributed by atoms with Crippen molar-refractivity contribution in [1.29, 1.82) is 0 Å². The Labute approximate surface area is 222 Å². The van der Waals surface area contributed by atoms with Gasteiger partial charge in [0.05, 0.1) is 0 Å². The summed E-state index contributed by atoms with van der Waals surface area (Å²) in [4.78, 5) is 11.6. The minimum atomic E-state index is -0.998. The monoisotopic (exact) mass is 505 g/mol. The van der Waals surface area contributed by atoms with Gasteiger partial charge in [-0.1, -0.05) is 92.5 Å². The second-order valence-electron chi connectivity index (χ2n) is 8.62.